The molecule has 1 atom stereocenters. The lowest BCUT2D eigenvalue weighted by molar-refractivity contribution is -0.139. The number of carbonyl (C=O) groups is 3. The van der Waals surface area contributed by atoms with Crippen molar-refractivity contribution in [2.75, 3.05) is 10.6 Å². The third-order valence-corrected chi connectivity index (χ3v) is 2.62. The maximum absolute atomic E-state index is 11.8. The topological polar surface area (TPSA) is 108 Å². The molecule has 0 saturated heterocycles. The zero-order valence-electron chi connectivity index (χ0n) is 12.0. The van der Waals surface area contributed by atoms with Gasteiger partial charge in [-0.1, -0.05) is 19.4 Å². The lowest BCUT2D eigenvalue weighted by atomic mass is 10.2. The van der Waals surface area contributed by atoms with Crippen molar-refractivity contribution in [2.45, 2.75) is 32.7 Å². The van der Waals surface area contributed by atoms with Gasteiger partial charge in [-0.05, 0) is 24.6 Å². The van der Waals surface area contributed by atoms with Gasteiger partial charge in [0.1, 0.15) is 6.04 Å². The number of urea groups is 1. The third-order valence-electron chi connectivity index (χ3n) is 2.62. The lowest BCUT2D eigenvalue weighted by Gasteiger charge is -2.14. The molecule has 3 amide bonds. The van der Waals surface area contributed by atoms with E-state index in [0.29, 0.717) is 24.2 Å². The molecule has 1 aromatic rings. The Labute approximate surface area is 122 Å². The van der Waals surface area contributed by atoms with E-state index in [1.165, 1.54) is 6.92 Å². The third kappa shape index (κ3) is 5.94. The number of anilines is 2. The van der Waals surface area contributed by atoms with E-state index >= 15 is 0 Å². The van der Waals surface area contributed by atoms with Crippen molar-refractivity contribution >= 4 is 29.3 Å². The number of benzene rings is 1. The molecule has 114 valence electrons. The largest absolute Gasteiger partial charge is 0.480 e. The number of carboxylic acid groups (broad SMARTS) is 1. The summed E-state index contributed by atoms with van der Waals surface area (Å²) in [5, 5.41) is 16.5. The molecule has 0 aliphatic rings. The second-order valence-electron chi connectivity index (χ2n) is 4.54. The molecule has 21 heavy (non-hydrogen) atoms. The predicted molar refractivity (Wildman–Crippen MR) is 79.2 cm³/mol. The molecule has 0 aliphatic heterocycles. The number of carboxylic acids is 1. The van der Waals surface area contributed by atoms with Crippen molar-refractivity contribution in [1.82, 2.24) is 5.32 Å². The van der Waals surface area contributed by atoms with Gasteiger partial charge in [-0.25, -0.2) is 9.59 Å². The monoisotopic (exact) mass is 293 g/mol. The molecule has 0 bridgehead atoms. The first-order chi connectivity index (χ1) is 9.92. The van der Waals surface area contributed by atoms with Gasteiger partial charge in [0.2, 0.25) is 5.91 Å². The van der Waals surface area contributed by atoms with Crippen molar-refractivity contribution in [3.8, 4) is 0 Å². The molecule has 0 radical (unpaired) electrons. The summed E-state index contributed by atoms with van der Waals surface area (Å²) < 4.78 is 0. The number of carbonyl (C=O) groups excluding carboxylic acids is 2. The second kappa shape index (κ2) is 7.88. The Morgan fingerprint density at radius 1 is 1.19 bits per heavy atom. The SMILES string of the molecule is CCC[C@@H](NC(=O)Nc1cccc(NC(C)=O)c1)C(=O)O. The molecular formula is C14H19N3O4. The van der Waals surface area contributed by atoms with Gasteiger partial charge in [0.25, 0.3) is 0 Å². The van der Waals surface area contributed by atoms with Crippen molar-refractivity contribution < 1.29 is 19.5 Å². The zero-order chi connectivity index (χ0) is 15.8. The van der Waals surface area contributed by atoms with Crippen molar-refractivity contribution in [2.24, 2.45) is 0 Å². The van der Waals surface area contributed by atoms with E-state index < -0.39 is 18.0 Å². The molecule has 0 saturated carbocycles. The summed E-state index contributed by atoms with van der Waals surface area (Å²) in [6.45, 7) is 3.22. The highest BCUT2D eigenvalue weighted by Crippen LogP contribution is 2.15. The average molecular weight is 293 g/mol. The highest BCUT2D eigenvalue weighted by atomic mass is 16.4. The Hall–Kier alpha value is -2.57. The van der Waals surface area contributed by atoms with Crippen LogP contribution in [0.1, 0.15) is 26.7 Å². The second-order valence-corrected chi connectivity index (χ2v) is 4.54. The summed E-state index contributed by atoms with van der Waals surface area (Å²) in [5.41, 5.74) is 1.00. The normalized spacial score (nSPS) is 11.3. The van der Waals surface area contributed by atoms with Crippen LogP contribution in [0.5, 0.6) is 0 Å². The number of nitrogens with one attached hydrogen (secondary N) is 3. The van der Waals surface area contributed by atoms with E-state index in [4.69, 9.17) is 5.11 Å². The summed E-state index contributed by atoms with van der Waals surface area (Å²) >= 11 is 0. The first-order valence-corrected chi connectivity index (χ1v) is 6.60. The van der Waals surface area contributed by atoms with Crippen LogP contribution in [0, 0.1) is 0 Å². The molecule has 7 nitrogen and oxygen atoms in total. The van der Waals surface area contributed by atoms with Gasteiger partial charge in [-0.15, -0.1) is 0 Å². The van der Waals surface area contributed by atoms with Crippen LogP contribution in [0.3, 0.4) is 0 Å². The zero-order valence-corrected chi connectivity index (χ0v) is 12.0. The van der Waals surface area contributed by atoms with Crippen molar-refractivity contribution in [1.29, 1.82) is 0 Å². The fourth-order valence-corrected chi connectivity index (χ4v) is 1.75. The van der Waals surface area contributed by atoms with Gasteiger partial charge in [0.15, 0.2) is 0 Å². The maximum atomic E-state index is 11.8. The van der Waals surface area contributed by atoms with Gasteiger partial charge < -0.3 is 21.1 Å². The first kappa shape index (κ1) is 16.5. The fraction of sp³-hybridized carbons (Fsp3) is 0.357. The summed E-state index contributed by atoms with van der Waals surface area (Å²) in [6, 6.07) is 5.05. The molecule has 0 fully saturated rings. The van der Waals surface area contributed by atoms with E-state index in [0.717, 1.165) is 0 Å². The van der Waals surface area contributed by atoms with Gasteiger partial charge in [-0.3, -0.25) is 4.79 Å². The number of hydrogen-bond acceptors (Lipinski definition) is 3. The Kier molecular flexibility index (Phi) is 6.19. The summed E-state index contributed by atoms with van der Waals surface area (Å²) in [5.74, 6) is -1.29. The standard InChI is InChI=1S/C14H19N3O4/c1-3-5-12(13(19)20)17-14(21)16-11-7-4-6-10(8-11)15-9(2)18/h4,6-8,12H,3,5H2,1-2H3,(H,15,18)(H,19,20)(H2,16,17,21)/t12-/m1/s1. The van der Waals surface area contributed by atoms with Crippen LogP contribution in [-0.4, -0.2) is 29.1 Å². The Bertz CT molecular complexity index is 531. The molecule has 0 aliphatic carbocycles. The highest BCUT2D eigenvalue weighted by Gasteiger charge is 2.18. The van der Waals surface area contributed by atoms with Crippen LogP contribution in [-0.2, 0) is 9.59 Å². The highest BCUT2D eigenvalue weighted by molar-refractivity contribution is 5.94. The van der Waals surface area contributed by atoms with E-state index in [-0.39, 0.29) is 5.91 Å². The molecule has 1 rings (SSSR count). The van der Waals surface area contributed by atoms with Gasteiger partial charge in [0.05, 0.1) is 0 Å². The van der Waals surface area contributed by atoms with E-state index in [1.807, 2.05) is 6.92 Å². The molecule has 0 heterocycles. The predicted octanol–water partition coefficient (Wildman–Crippen LogP) is 2.02. The number of hydrogen-bond donors (Lipinski definition) is 4. The minimum Gasteiger partial charge on any atom is -0.480 e. The molecule has 1 aromatic carbocycles. The molecule has 7 heteroatoms. The van der Waals surface area contributed by atoms with Crippen LogP contribution in [0.4, 0.5) is 16.2 Å². The number of aliphatic carboxylic acids is 1. The van der Waals surface area contributed by atoms with Crippen LogP contribution < -0.4 is 16.0 Å². The molecule has 4 N–H and O–H groups in total. The molecule has 0 spiro atoms. The minimum absolute atomic E-state index is 0.217. The summed E-state index contributed by atoms with van der Waals surface area (Å²) in [6.07, 6.45) is 1.00. The molecule has 0 unspecified atom stereocenters. The molecular weight excluding hydrogens is 274 g/mol. The van der Waals surface area contributed by atoms with Crippen molar-refractivity contribution in [3.05, 3.63) is 24.3 Å². The summed E-state index contributed by atoms with van der Waals surface area (Å²) in [7, 11) is 0. The van der Waals surface area contributed by atoms with Crippen LogP contribution in [0.2, 0.25) is 0 Å². The quantitative estimate of drug-likeness (QED) is 0.643. The van der Waals surface area contributed by atoms with Gasteiger partial charge >= 0.3 is 12.0 Å². The number of rotatable bonds is 6. The summed E-state index contributed by atoms with van der Waals surface area (Å²) in [4.78, 5) is 33.7. The van der Waals surface area contributed by atoms with E-state index in [9.17, 15) is 14.4 Å². The Morgan fingerprint density at radius 3 is 2.33 bits per heavy atom. The van der Waals surface area contributed by atoms with Crippen LogP contribution in [0.25, 0.3) is 0 Å². The van der Waals surface area contributed by atoms with Crippen molar-refractivity contribution in [3.63, 3.8) is 0 Å². The average Bonchev–Trinajstić information content (AvgIpc) is 2.37. The van der Waals surface area contributed by atoms with E-state index in [2.05, 4.69) is 16.0 Å². The lowest BCUT2D eigenvalue weighted by Crippen LogP contribution is -2.42. The van der Waals surface area contributed by atoms with E-state index in [1.54, 1.807) is 24.3 Å². The Balaban J connectivity index is 2.65. The first-order valence-electron chi connectivity index (χ1n) is 6.60. The maximum Gasteiger partial charge on any atom is 0.326 e. The van der Waals surface area contributed by atoms with Gasteiger partial charge in [0, 0.05) is 18.3 Å². The number of amides is 3. The molecule has 0 aromatic heterocycles. The van der Waals surface area contributed by atoms with Crippen LogP contribution in [0.15, 0.2) is 24.3 Å². The fourth-order valence-electron chi connectivity index (χ4n) is 1.75. The smallest absolute Gasteiger partial charge is 0.326 e. The van der Waals surface area contributed by atoms with Gasteiger partial charge in [-0.2, -0.15) is 0 Å². The Morgan fingerprint density at radius 2 is 1.81 bits per heavy atom. The minimum atomic E-state index is -1.07. The van der Waals surface area contributed by atoms with Crippen LogP contribution >= 0.6 is 0 Å².